The zero-order valence-corrected chi connectivity index (χ0v) is 14.9. The second-order valence-corrected chi connectivity index (χ2v) is 5.88. The van der Waals surface area contributed by atoms with Crippen LogP contribution in [0.1, 0.15) is 35.7 Å². The highest BCUT2D eigenvalue weighted by atomic mass is 35.5. The molecule has 5 nitrogen and oxygen atoms in total. The summed E-state index contributed by atoms with van der Waals surface area (Å²) < 4.78 is 5.27. The minimum Gasteiger partial charge on any atom is -0.495 e. The van der Waals surface area contributed by atoms with Crippen molar-refractivity contribution in [3.05, 3.63) is 46.6 Å². The Morgan fingerprint density at radius 1 is 1.33 bits per heavy atom. The van der Waals surface area contributed by atoms with Crippen molar-refractivity contribution in [2.45, 2.75) is 26.7 Å². The monoisotopic (exact) mass is 347 g/mol. The van der Waals surface area contributed by atoms with Crippen molar-refractivity contribution in [2.24, 2.45) is 0 Å². The predicted molar refractivity (Wildman–Crippen MR) is 98.3 cm³/mol. The molecule has 0 saturated heterocycles. The van der Waals surface area contributed by atoms with Crippen LogP contribution in [0.4, 0.5) is 11.5 Å². The van der Waals surface area contributed by atoms with Gasteiger partial charge in [-0.05, 0) is 37.1 Å². The van der Waals surface area contributed by atoms with Crippen molar-refractivity contribution < 1.29 is 9.53 Å². The van der Waals surface area contributed by atoms with Gasteiger partial charge in [-0.2, -0.15) is 0 Å². The number of ether oxygens (including phenoxy) is 1. The largest absolute Gasteiger partial charge is 0.495 e. The molecule has 0 fully saturated rings. The number of carbonyl (C=O) groups is 1. The maximum absolute atomic E-state index is 12.4. The minimum atomic E-state index is -0.248. The van der Waals surface area contributed by atoms with E-state index >= 15 is 0 Å². The highest BCUT2D eigenvalue weighted by molar-refractivity contribution is 6.31. The summed E-state index contributed by atoms with van der Waals surface area (Å²) in [5.74, 6) is 1.03. The Balaban J connectivity index is 2.08. The van der Waals surface area contributed by atoms with Gasteiger partial charge in [-0.25, -0.2) is 4.98 Å². The zero-order chi connectivity index (χ0) is 17.5. The standard InChI is InChI=1S/C18H22ClN3O2/c1-4-5-8-20-17-7-6-13(11-21-17)18(23)22-15-9-12(2)14(19)10-16(15)24-3/h6-7,9-11H,4-5,8H2,1-3H3,(H,20,21)(H,22,23). The quantitative estimate of drug-likeness (QED) is 0.723. The Labute approximate surface area is 147 Å². The Bertz CT molecular complexity index is 702. The number of aromatic nitrogens is 1. The van der Waals surface area contributed by atoms with Gasteiger partial charge in [0.2, 0.25) is 0 Å². The van der Waals surface area contributed by atoms with Crippen molar-refractivity contribution in [1.29, 1.82) is 0 Å². The van der Waals surface area contributed by atoms with Gasteiger partial charge in [0.05, 0.1) is 18.4 Å². The summed E-state index contributed by atoms with van der Waals surface area (Å²) in [7, 11) is 1.54. The fraction of sp³-hybridized carbons (Fsp3) is 0.333. The van der Waals surface area contributed by atoms with E-state index < -0.39 is 0 Å². The van der Waals surface area contributed by atoms with E-state index in [4.69, 9.17) is 16.3 Å². The summed E-state index contributed by atoms with van der Waals surface area (Å²) in [6.07, 6.45) is 3.76. The van der Waals surface area contributed by atoms with Gasteiger partial charge in [-0.15, -0.1) is 0 Å². The maximum atomic E-state index is 12.4. The molecule has 0 atom stereocenters. The number of aryl methyl sites for hydroxylation is 1. The number of amides is 1. The third-order valence-corrected chi connectivity index (χ3v) is 4.00. The summed E-state index contributed by atoms with van der Waals surface area (Å²) in [6.45, 7) is 4.88. The average molecular weight is 348 g/mol. The van der Waals surface area contributed by atoms with Crippen LogP contribution in [0.25, 0.3) is 0 Å². The number of methoxy groups -OCH3 is 1. The van der Waals surface area contributed by atoms with Gasteiger partial charge in [-0.3, -0.25) is 4.79 Å². The normalized spacial score (nSPS) is 10.3. The first kappa shape index (κ1) is 18.1. The van der Waals surface area contributed by atoms with Crippen LogP contribution in [-0.4, -0.2) is 24.5 Å². The molecule has 128 valence electrons. The van der Waals surface area contributed by atoms with Gasteiger partial charge in [0, 0.05) is 23.8 Å². The molecule has 0 unspecified atom stereocenters. The van der Waals surface area contributed by atoms with Gasteiger partial charge in [0.15, 0.2) is 0 Å². The molecule has 1 aromatic heterocycles. The van der Waals surface area contributed by atoms with Gasteiger partial charge >= 0.3 is 0 Å². The number of anilines is 2. The van der Waals surface area contributed by atoms with E-state index in [0.717, 1.165) is 30.8 Å². The molecule has 0 saturated carbocycles. The van der Waals surface area contributed by atoms with E-state index in [9.17, 15) is 4.79 Å². The van der Waals surface area contributed by atoms with Crippen molar-refractivity contribution >= 4 is 29.0 Å². The van der Waals surface area contributed by atoms with E-state index in [1.165, 1.54) is 7.11 Å². The molecular formula is C18H22ClN3O2. The van der Waals surface area contributed by atoms with Crippen LogP contribution in [0.5, 0.6) is 5.75 Å². The zero-order valence-electron chi connectivity index (χ0n) is 14.1. The fourth-order valence-corrected chi connectivity index (χ4v) is 2.30. The molecule has 2 N–H and O–H groups in total. The molecule has 6 heteroatoms. The highest BCUT2D eigenvalue weighted by Crippen LogP contribution is 2.31. The third-order valence-electron chi connectivity index (χ3n) is 3.59. The molecule has 1 heterocycles. The maximum Gasteiger partial charge on any atom is 0.257 e. The van der Waals surface area contributed by atoms with Crippen LogP contribution in [0.3, 0.4) is 0 Å². The fourth-order valence-electron chi connectivity index (χ4n) is 2.15. The molecular weight excluding hydrogens is 326 g/mol. The Morgan fingerprint density at radius 2 is 2.12 bits per heavy atom. The molecule has 0 bridgehead atoms. The van der Waals surface area contributed by atoms with Gasteiger partial charge in [-0.1, -0.05) is 24.9 Å². The molecule has 0 aliphatic carbocycles. The average Bonchev–Trinajstić information content (AvgIpc) is 2.58. The topological polar surface area (TPSA) is 63.2 Å². The smallest absolute Gasteiger partial charge is 0.257 e. The molecule has 2 aromatic rings. The molecule has 0 spiro atoms. The van der Waals surface area contributed by atoms with Crippen LogP contribution in [-0.2, 0) is 0 Å². The van der Waals surface area contributed by atoms with Crippen LogP contribution >= 0.6 is 11.6 Å². The third kappa shape index (κ3) is 4.61. The lowest BCUT2D eigenvalue weighted by molar-refractivity contribution is 0.102. The SMILES string of the molecule is CCCCNc1ccc(C(=O)Nc2cc(C)c(Cl)cc2OC)cn1. The summed E-state index contributed by atoms with van der Waals surface area (Å²) in [6, 6.07) is 7.01. The van der Waals surface area contributed by atoms with Crippen molar-refractivity contribution in [1.82, 2.24) is 4.98 Å². The molecule has 0 radical (unpaired) electrons. The number of hydrogen-bond donors (Lipinski definition) is 2. The summed E-state index contributed by atoms with van der Waals surface area (Å²) in [5.41, 5.74) is 1.92. The number of benzene rings is 1. The highest BCUT2D eigenvalue weighted by Gasteiger charge is 2.12. The first-order chi connectivity index (χ1) is 11.5. The number of nitrogens with zero attached hydrogens (tertiary/aromatic N) is 1. The molecule has 2 rings (SSSR count). The van der Waals surface area contributed by atoms with E-state index in [1.54, 1.807) is 30.5 Å². The van der Waals surface area contributed by atoms with E-state index in [0.29, 0.717) is 22.0 Å². The lowest BCUT2D eigenvalue weighted by Gasteiger charge is -2.12. The second-order valence-electron chi connectivity index (χ2n) is 5.47. The minimum absolute atomic E-state index is 0.248. The first-order valence-corrected chi connectivity index (χ1v) is 8.28. The van der Waals surface area contributed by atoms with Crippen molar-refractivity contribution in [2.75, 3.05) is 24.3 Å². The van der Waals surface area contributed by atoms with Crippen molar-refractivity contribution in [3.8, 4) is 5.75 Å². The molecule has 0 aliphatic rings. The molecule has 1 aromatic carbocycles. The molecule has 24 heavy (non-hydrogen) atoms. The summed E-state index contributed by atoms with van der Waals surface area (Å²) in [5, 5.41) is 6.64. The van der Waals surface area contributed by atoms with E-state index in [1.807, 2.05) is 6.92 Å². The lowest BCUT2D eigenvalue weighted by Crippen LogP contribution is -2.13. The number of carbonyl (C=O) groups excluding carboxylic acids is 1. The molecule has 1 amide bonds. The van der Waals surface area contributed by atoms with Crippen LogP contribution in [0.15, 0.2) is 30.5 Å². The Hall–Kier alpha value is -2.27. The van der Waals surface area contributed by atoms with E-state index in [2.05, 4.69) is 22.5 Å². The first-order valence-electron chi connectivity index (χ1n) is 7.90. The van der Waals surface area contributed by atoms with Gasteiger partial charge in [0.25, 0.3) is 5.91 Å². The summed E-state index contributed by atoms with van der Waals surface area (Å²) in [4.78, 5) is 16.7. The Morgan fingerprint density at radius 3 is 2.75 bits per heavy atom. The van der Waals surface area contributed by atoms with Crippen LogP contribution in [0, 0.1) is 6.92 Å². The van der Waals surface area contributed by atoms with Crippen molar-refractivity contribution in [3.63, 3.8) is 0 Å². The van der Waals surface area contributed by atoms with E-state index in [-0.39, 0.29) is 5.91 Å². The number of rotatable bonds is 7. The van der Waals surface area contributed by atoms with Crippen LogP contribution in [0.2, 0.25) is 5.02 Å². The summed E-state index contributed by atoms with van der Waals surface area (Å²) >= 11 is 6.08. The lowest BCUT2D eigenvalue weighted by atomic mass is 10.2. The van der Waals surface area contributed by atoms with Gasteiger partial charge in [0.1, 0.15) is 11.6 Å². The number of nitrogens with one attached hydrogen (secondary N) is 2. The Kier molecular flexibility index (Phi) is 6.44. The number of halogens is 1. The predicted octanol–water partition coefficient (Wildman–Crippen LogP) is 4.52. The number of unbranched alkanes of at least 4 members (excludes halogenated alkanes) is 1. The second kappa shape index (κ2) is 8.55. The van der Waals surface area contributed by atoms with Crippen LogP contribution < -0.4 is 15.4 Å². The number of hydrogen-bond acceptors (Lipinski definition) is 4. The van der Waals surface area contributed by atoms with Gasteiger partial charge < -0.3 is 15.4 Å². The number of pyridine rings is 1. The molecule has 0 aliphatic heterocycles.